The largest absolute Gasteiger partial charge is 0.351 e. The molecule has 0 atom stereocenters. The Balaban J connectivity index is 2.24. The summed E-state index contributed by atoms with van der Waals surface area (Å²) in [6.45, 7) is 0. The van der Waals surface area contributed by atoms with Crippen molar-refractivity contribution >= 4 is 11.7 Å². The number of urea groups is 1. The molecule has 3 aromatic carbocycles. The second-order valence-corrected chi connectivity index (χ2v) is 4.95. The monoisotopic (exact) mass is 288 g/mol. The standard InChI is InChI=1S/C19H16N2O/c20-19(22)21-17-13-7-12-16(14-8-3-1-4-9-14)18(17)15-10-5-2-6-11-15/h1-13H,(H3,20,21,22). The maximum absolute atomic E-state index is 11.3. The van der Waals surface area contributed by atoms with Gasteiger partial charge in [-0.15, -0.1) is 0 Å². The maximum atomic E-state index is 11.3. The number of primary amides is 1. The Hall–Kier alpha value is -3.07. The van der Waals surface area contributed by atoms with E-state index in [2.05, 4.69) is 17.4 Å². The lowest BCUT2D eigenvalue weighted by Gasteiger charge is -2.15. The van der Waals surface area contributed by atoms with Crippen LogP contribution in [0.2, 0.25) is 0 Å². The molecule has 0 aliphatic heterocycles. The molecule has 22 heavy (non-hydrogen) atoms. The van der Waals surface area contributed by atoms with Crippen LogP contribution in [0.15, 0.2) is 78.9 Å². The normalized spacial score (nSPS) is 10.2. The van der Waals surface area contributed by atoms with E-state index in [1.807, 2.05) is 66.7 Å². The quantitative estimate of drug-likeness (QED) is 0.732. The summed E-state index contributed by atoms with van der Waals surface area (Å²) in [5.74, 6) is 0. The first kappa shape index (κ1) is 13.9. The Morgan fingerprint density at radius 2 is 1.32 bits per heavy atom. The molecule has 3 nitrogen and oxygen atoms in total. The molecule has 0 spiro atoms. The molecule has 0 bridgehead atoms. The van der Waals surface area contributed by atoms with Gasteiger partial charge in [0, 0.05) is 5.56 Å². The second-order valence-electron chi connectivity index (χ2n) is 4.95. The molecule has 0 aromatic heterocycles. The number of nitrogens with two attached hydrogens (primary N) is 1. The van der Waals surface area contributed by atoms with Crippen molar-refractivity contribution in [2.24, 2.45) is 5.73 Å². The minimum atomic E-state index is -0.567. The van der Waals surface area contributed by atoms with Gasteiger partial charge >= 0.3 is 6.03 Å². The molecule has 3 aromatic rings. The minimum Gasteiger partial charge on any atom is -0.351 e. The van der Waals surface area contributed by atoms with Gasteiger partial charge in [0.05, 0.1) is 5.69 Å². The van der Waals surface area contributed by atoms with Crippen LogP contribution in [0.3, 0.4) is 0 Å². The summed E-state index contributed by atoms with van der Waals surface area (Å²) in [4.78, 5) is 11.3. The molecular weight excluding hydrogens is 272 g/mol. The van der Waals surface area contributed by atoms with Crippen LogP contribution in [0.1, 0.15) is 0 Å². The van der Waals surface area contributed by atoms with E-state index in [9.17, 15) is 4.79 Å². The zero-order valence-corrected chi connectivity index (χ0v) is 12.0. The first-order valence-electron chi connectivity index (χ1n) is 7.06. The second kappa shape index (κ2) is 6.14. The minimum absolute atomic E-state index is 0.567. The molecule has 0 radical (unpaired) electrons. The molecule has 108 valence electrons. The van der Waals surface area contributed by atoms with E-state index in [1.54, 1.807) is 0 Å². The third-order valence-electron chi connectivity index (χ3n) is 3.47. The highest BCUT2D eigenvalue weighted by atomic mass is 16.2. The van der Waals surface area contributed by atoms with E-state index in [1.165, 1.54) is 0 Å². The predicted molar refractivity (Wildman–Crippen MR) is 90.5 cm³/mol. The number of rotatable bonds is 3. The lowest BCUT2D eigenvalue weighted by molar-refractivity contribution is 0.259. The summed E-state index contributed by atoms with van der Waals surface area (Å²) in [7, 11) is 0. The number of benzene rings is 3. The summed E-state index contributed by atoms with van der Waals surface area (Å²) in [5, 5.41) is 2.72. The highest BCUT2D eigenvalue weighted by Crippen LogP contribution is 2.37. The first-order chi connectivity index (χ1) is 10.8. The van der Waals surface area contributed by atoms with Crippen LogP contribution in [0.5, 0.6) is 0 Å². The van der Waals surface area contributed by atoms with Crippen molar-refractivity contribution in [3.8, 4) is 22.3 Å². The van der Waals surface area contributed by atoms with E-state index < -0.39 is 6.03 Å². The number of amides is 2. The Morgan fingerprint density at radius 1 is 0.727 bits per heavy atom. The Kier molecular flexibility index (Phi) is 3.88. The van der Waals surface area contributed by atoms with Gasteiger partial charge in [-0.1, -0.05) is 72.8 Å². The van der Waals surface area contributed by atoms with Crippen LogP contribution in [-0.4, -0.2) is 6.03 Å². The van der Waals surface area contributed by atoms with E-state index >= 15 is 0 Å². The fourth-order valence-corrected chi connectivity index (χ4v) is 2.56. The van der Waals surface area contributed by atoms with Crippen LogP contribution >= 0.6 is 0 Å². The fourth-order valence-electron chi connectivity index (χ4n) is 2.56. The molecule has 3 N–H and O–H groups in total. The Bertz CT molecular complexity index is 783. The Labute approximate surface area is 129 Å². The molecule has 3 rings (SSSR count). The van der Waals surface area contributed by atoms with Crippen LogP contribution in [0.4, 0.5) is 10.5 Å². The van der Waals surface area contributed by atoms with Gasteiger partial charge in [0.1, 0.15) is 0 Å². The third-order valence-corrected chi connectivity index (χ3v) is 3.47. The Morgan fingerprint density at radius 3 is 1.91 bits per heavy atom. The molecule has 2 amide bonds. The zero-order chi connectivity index (χ0) is 15.4. The van der Waals surface area contributed by atoms with E-state index in [-0.39, 0.29) is 0 Å². The van der Waals surface area contributed by atoms with Gasteiger partial charge in [-0.05, 0) is 22.8 Å². The van der Waals surface area contributed by atoms with Gasteiger partial charge in [-0.25, -0.2) is 4.79 Å². The third kappa shape index (κ3) is 2.83. The van der Waals surface area contributed by atoms with Gasteiger partial charge in [0.15, 0.2) is 0 Å². The van der Waals surface area contributed by atoms with Gasteiger partial charge in [0.2, 0.25) is 0 Å². The average Bonchev–Trinajstić information content (AvgIpc) is 2.56. The van der Waals surface area contributed by atoms with E-state index in [4.69, 9.17) is 5.73 Å². The molecule has 0 aliphatic rings. The number of anilines is 1. The molecule has 0 aliphatic carbocycles. The lowest BCUT2D eigenvalue weighted by Crippen LogP contribution is -2.19. The molecule has 0 fully saturated rings. The van der Waals surface area contributed by atoms with E-state index in [0.29, 0.717) is 5.69 Å². The molecule has 0 heterocycles. The summed E-state index contributed by atoms with van der Waals surface area (Å²) in [6.07, 6.45) is 0. The van der Waals surface area contributed by atoms with Crippen molar-refractivity contribution in [2.75, 3.05) is 5.32 Å². The van der Waals surface area contributed by atoms with Crippen molar-refractivity contribution in [1.29, 1.82) is 0 Å². The average molecular weight is 288 g/mol. The van der Waals surface area contributed by atoms with Gasteiger partial charge in [-0.3, -0.25) is 0 Å². The summed E-state index contributed by atoms with van der Waals surface area (Å²) >= 11 is 0. The first-order valence-corrected chi connectivity index (χ1v) is 7.06. The SMILES string of the molecule is NC(=O)Nc1cccc(-c2ccccc2)c1-c1ccccc1. The van der Waals surface area contributed by atoms with Crippen LogP contribution in [-0.2, 0) is 0 Å². The van der Waals surface area contributed by atoms with Crippen molar-refractivity contribution in [2.45, 2.75) is 0 Å². The number of hydrogen-bond donors (Lipinski definition) is 2. The molecule has 0 unspecified atom stereocenters. The highest BCUT2D eigenvalue weighted by molar-refractivity contribution is 5.98. The molecule has 3 heteroatoms. The lowest BCUT2D eigenvalue weighted by atomic mass is 9.93. The summed E-state index contributed by atoms with van der Waals surface area (Å²) < 4.78 is 0. The van der Waals surface area contributed by atoms with Crippen LogP contribution in [0, 0.1) is 0 Å². The van der Waals surface area contributed by atoms with E-state index in [0.717, 1.165) is 22.3 Å². The topological polar surface area (TPSA) is 55.1 Å². The highest BCUT2D eigenvalue weighted by Gasteiger charge is 2.13. The number of nitrogens with one attached hydrogen (secondary N) is 1. The molecule has 0 saturated carbocycles. The van der Waals surface area contributed by atoms with Crippen molar-refractivity contribution in [3.63, 3.8) is 0 Å². The maximum Gasteiger partial charge on any atom is 0.316 e. The van der Waals surface area contributed by atoms with Crippen molar-refractivity contribution in [3.05, 3.63) is 78.9 Å². The number of carbonyl (C=O) groups is 1. The van der Waals surface area contributed by atoms with Crippen molar-refractivity contribution in [1.82, 2.24) is 0 Å². The molecular formula is C19H16N2O. The summed E-state index contributed by atoms with van der Waals surface area (Å²) in [6, 6.07) is 25.3. The van der Waals surface area contributed by atoms with Gasteiger partial charge < -0.3 is 11.1 Å². The van der Waals surface area contributed by atoms with Crippen molar-refractivity contribution < 1.29 is 4.79 Å². The van der Waals surface area contributed by atoms with Gasteiger partial charge in [0.25, 0.3) is 0 Å². The fraction of sp³-hybridized carbons (Fsp3) is 0. The number of carbonyl (C=O) groups excluding carboxylic acids is 1. The zero-order valence-electron chi connectivity index (χ0n) is 12.0. The predicted octanol–water partition coefficient (Wildman–Crippen LogP) is 4.51. The van der Waals surface area contributed by atoms with Crippen LogP contribution < -0.4 is 11.1 Å². The number of hydrogen-bond acceptors (Lipinski definition) is 1. The van der Waals surface area contributed by atoms with Crippen LogP contribution in [0.25, 0.3) is 22.3 Å². The molecule has 0 saturated heterocycles. The van der Waals surface area contributed by atoms with Gasteiger partial charge in [-0.2, -0.15) is 0 Å². The smallest absolute Gasteiger partial charge is 0.316 e. The summed E-state index contributed by atoms with van der Waals surface area (Å²) in [5.41, 5.74) is 10.2.